The lowest BCUT2D eigenvalue weighted by atomic mass is 9.68. The number of nitrogens with zero attached hydrogens (tertiary/aromatic N) is 2. The Morgan fingerprint density at radius 2 is 2.00 bits per heavy atom. The Balaban J connectivity index is 1.79. The van der Waals surface area contributed by atoms with Gasteiger partial charge in [-0.3, -0.25) is 4.98 Å². The van der Waals surface area contributed by atoms with E-state index in [-0.39, 0.29) is 17.3 Å². The predicted molar refractivity (Wildman–Crippen MR) is 134 cm³/mol. The second kappa shape index (κ2) is 8.81. The summed E-state index contributed by atoms with van der Waals surface area (Å²) in [7, 11) is 0. The van der Waals surface area contributed by atoms with E-state index in [9.17, 15) is 23.5 Å². The topological polar surface area (TPSA) is 66.1 Å². The van der Waals surface area contributed by atoms with Gasteiger partial charge in [0.05, 0.1) is 28.9 Å². The number of pyridine rings is 1. The third-order valence-corrected chi connectivity index (χ3v) is 9.16. The third kappa shape index (κ3) is 3.99. The molecule has 3 aliphatic rings. The molecular weight excluding hydrogens is 477 g/mol. The van der Waals surface area contributed by atoms with Gasteiger partial charge < -0.3 is 9.84 Å². The Kier molecular flexibility index (Phi) is 6.24. The number of ether oxygens (including phenoxy) is 1. The molecule has 5 unspecified atom stereocenters. The van der Waals surface area contributed by atoms with Crippen LogP contribution in [-0.4, -0.2) is 10.1 Å². The zero-order valence-corrected chi connectivity index (χ0v) is 22.2. The minimum atomic E-state index is -4.61. The second-order valence-electron chi connectivity index (χ2n) is 12.0. The molecule has 0 saturated heterocycles. The van der Waals surface area contributed by atoms with E-state index >= 15 is 0 Å². The lowest BCUT2D eigenvalue weighted by Crippen LogP contribution is -2.35. The summed E-state index contributed by atoms with van der Waals surface area (Å²) in [6, 6.07) is 5.49. The minimum Gasteiger partial charge on any atom is -0.388 e. The monoisotopic (exact) mass is 512 g/mol. The van der Waals surface area contributed by atoms with Crippen LogP contribution in [0, 0.1) is 22.7 Å². The lowest BCUT2D eigenvalue weighted by molar-refractivity contribution is -0.137. The molecule has 0 amide bonds. The molecule has 4 nitrogen and oxygen atoms in total. The van der Waals surface area contributed by atoms with E-state index < -0.39 is 35.1 Å². The summed E-state index contributed by atoms with van der Waals surface area (Å²) in [6.45, 7) is 10.6. The molecule has 5 atom stereocenters. The predicted octanol–water partition coefficient (Wildman–Crippen LogP) is 7.63. The molecule has 2 aromatic rings. The van der Waals surface area contributed by atoms with Crippen molar-refractivity contribution >= 4 is 0 Å². The van der Waals surface area contributed by atoms with Crippen molar-refractivity contribution in [2.75, 3.05) is 0 Å². The maximum absolute atomic E-state index is 13.5. The molecule has 1 aromatic heterocycles. The second-order valence-corrected chi connectivity index (χ2v) is 12.0. The molecule has 1 aliphatic heterocycles. The summed E-state index contributed by atoms with van der Waals surface area (Å²) in [5, 5.41) is 21.1. The highest BCUT2D eigenvalue weighted by atomic mass is 19.4. The number of halogens is 3. The Morgan fingerprint density at radius 1 is 1.27 bits per heavy atom. The molecule has 1 aromatic carbocycles. The van der Waals surface area contributed by atoms with Crippen molar-refractivity contribution < 1.29 is 23.0 Å². The number of alkyl halides is 3. The largest absolute Gasteiger partial charge is 0.417 e. The number of benzene rings is 1. The molecule has 0 bridgehead atoms. The first-order valence-corrected chi connectivity index (χ1v) is 13.4. The summed E-state index contributed by atoms with van der Waals surface area (Å²) in [6.07, 6.45) is -0.856. The van der Waals surface area contributed by atoms with E-state index in [1.807, 2.05) is 0 Å². The highest BCUT2D eigenvalue weighted by Gasteiger charge is 2.56. The van der Waals surface area contributed by atoms with Crippen LogP contribution in [0.25, 0.3) is 0 Å². The number of rotatable bonds is 3. The Bertz CT molecular complexity index is 1280. The fraction of sp³-hybridized carbons (Fsp3) is 0.600. The van der Waals surface area contributed by atoms with Gasteiger partial charge in [0, 0.05) is 22.5 Å². The van der Waals surface area contributed by atoms with E-state index in [0.717, 1.165) is 66.2 Å². The van der Waals surface area contributed by atoms with Gasteiger partial charge in [0.2, 0.25) is 0 Å². The molecule has 37 heavy (non-hydrogen) atoms. The van der Waals surface area contributed by atoms with Crippen molar-refractivity contribution in [1.82, 2.24) is 4.98 Å². The first-order chi connectivity index (χ1) is 17.3. The van der Waals surface area contributed by atoms with Crippen LogP contribution in [0.3, 0.4) is 0 Å². The molecule has 1 spiro atoms. The molecular formula is C30H35F3N2O2. The molecule has 1 N–H and O–H groups in total. The highest BCUT2D eigenvalue weighted by molar-refractivity contribution is 5.56. The lowest BCUT2D eigenvalue weighted by Gasteiger charge is -2.40. The molecule has 1 fully saturated rings. The van der Waals surface area contributed by atoms with Crippen LogP contribution >= 0.6 is 0 Å². The van der Waals surface area contributed by atoms with Crippen molar-refractivity contribution in [1.29, 1.82) is 5.26 Å². The standard InChI is InChI=1S/C30H35F3N2O2/c1-6-28(5)13-21-23(22(36)14-28)25-24(26(35-21)16(2)3)27(37-29(25)11-7-8-17(29)4)18-9-10-20(30(31,32)33)19(12-18)15-34/h9-10,12,16-17,22,27,36H,6-8,11,13-14H2,1-5H3. The SMILES string of the molecule is CCC1(C)Cc2nc(C(C)C)c3c(c2C(O)C1)C1(CCCC1C)OC3c1ccc(C(F)(F)F)c(C#N)c1. The number of nitriles is 1. The summed E-state index contributed by atoms with van der Waals surface area (Å²) in [5.41, 5.74) is 3.05. The molecule has 1 saturated carbocycles. The van der Waals surface area contributed by atoms with E-state index in [4.69, 9.17) is 9.72 Å². The van der Waals surface area contributed by atoms with Crippen molar-refractivity contribution in [3.8, 4) is 6.07 Å². The van der Waals surface area contributed by atoms with Crippen LogP contribution < -0.4 is 0 Å². The Labute approximate surface area is 216 Å². The summed E-state index contributed by atoms with van der Waals surface area (Å²) in [5.74, 6) is 0.230. The van der Waals surface area contributed by atoms with Gasteiger partial charge in [-0.15, -0.1) is 0 Å². The van der Waals surface area contributed by atoms with Gasteiger partial charge in [-0.1, -0.05) is 47.1 Å². The van der Waals surface area contributed by atoms with E-state index in [1.165, 1.54) is 12.1 Å². The summed E-state index contributed by atoms with van der Waals surface area (Å²) in [4.78, 5) is 5.15. The average molecular weight is 513 g/mol. The minimum absolute atomic E-state index is 0.0499. The van der Waals surface area contributed by atoms with Crippen molar-refractivity contribution in [3.63, 3.8) is 0 Å². The van der Waals surface area contributed by atoms with Gasteiger partial charge in [-0.25, -0.2) is 0 Å². The molecule has 0 radical (unpaired) electrons. The number of fused-ring (bicyclic) bond motifs is 4. The molecule has 198 valence electrons. The van der Waals surface area contributed by atoms with Gasteiger partial charge in [0.25, 0.3) is 0 Å². The fourth-order valence-corrected chi connectivity index (χ4v) is 6.98. The summed E-state index contributed by atoms with van der Waals surface area (Å²) < 4.78 is 47.6. The van der Waals surface area contributed by atoms with Crippen LogP contribution in [-0.2, 0) is 22.9 Å². The van der Waals surface area contributed by atoms with Gasteiger partial charge in [-0.05, 0) is 72.6 Å². The number of hydrogen-bond donors (Lipinski definition) is 1. The highest BCUT2D eigenvalue weighted by Crippen LogP contribution is 2.61. The first-order valence-electron chi connectivity index (χ1n) is 13.4. The quantitative estimate of drug-likeness (QED) is 0.459. The van der Waals surface area contributed by atoms with E-state index in [0.29, 0.717) is 12.0 Å². The maximum Gasteiger partial charge on any atom is 0.417 e. The smallest absolute Gasteiger partial charge is 0.388 e. The Morgan fingerprint density at radius 3 is 2.57 bits per heavy atom. The summed E-state index contributed by atoms with van der Waals surface area (Å²) >= 11 is 0. The zero-order valence-electron chi connectivity index (χ0n) is 22.2. The van der Waals surface area contributed by atoms with Gasteiger partial charge in [-0.2, -0.15) is 18.4 Å². The average Bonchev–Trinajstić information content (AvgIpc) is 3.37. The zero-order chi connectivity index (χ0) is 26.9. The van der Waals surface area contributed by atoms with Crippen LogP contribution in [0.4, 0.5) is 13.2 Å². The van der Waals surface area contributed by atoms with Crippen molar-refractivity contribution in [3.05, 3.63) is 63.0 Å². The van der Waals surface area contributed by atoms with Gasteiger partial charge in [0.1, 0.15) is 6.10 Å². The number of aliphatic hydroxyl groups excluding tert-OH is 1. The van der Waals surface area contributed by atoms with Gasteiger partial charge in [0.15, 0.2) is 0 Å². The Hall–Kier alpha value is -2.43. The van der Waals surface area contributed by atoms with E-state index in [1.54, 1.807) is 6.07 Å². The number of hydrogen-bond acceptors (Lipinski definition) is 4. The third-order valence-electron chi connectivity index (χ3n) is 9.16. The van der Waals surface area contributed by atoms with Crippen LogP contribution in [0.5, 0.6) is 0 Å². The maximum atomic E-state index is 13.5. The normalized spacial score (nSPS) is 31.0. The van der Waals surface area contributed by atoms with Crippen LogP contribution in [0.2, 0.25) is 0 Å². The molecule has 2 heterocycles. The number of aliphatic hydroxyl groups is 1. The molecule has 7 heteroatoms. The van der Waals surface area contributed by atoms with E-state index in [2.05, 4.69) is 34.6 Å². The number of aromatic nitrogens is 1. The van der Waals surface area contributed by atoms with Gasteiger partial charge >= 0.3 is 6.18 Å². The fourth-order valence-electron chi connectivity index (χ4n) is 6.98. The van der Waals surface area contributed by atoms with Crippen LogP contribution in [0.1, 0.15) is 130 Å². The van der Waals surface area contributed by atoms with Crippen molar-refractivity contribution in [2.45, 2.75) is 103 Å². The van der Waals surface area contributed by atoms with Crippen molar-refractivity contribution in [2.24, 2.45) is 11.3 Å². The van der Waals surface area contributed by atoms with Crippen LogP contribution in [0.15, 0.2) is 18.2 Å². The molecule has 5 rings (SSSR count). The molecule has 2 aliphatic carbocycles. The first kappa shape index (κ1) is 26.2.